The predicted octanol–water partition coefficient (Wildman–Crippen LogP) is 3.91. The van der Waals surface area contributed by atoms with Gasteiger partial charge in [-0.05, 0) is 44.9 Å². The molecule has 0 unspecified atom stereocenters. The number of aromatic nitrogens is 1. The second-order valence-corrected chi connectivity index (χ2v) is 5.23. The smallest absolute Gasteiger partial charge is 0.259 e. The summed E-state index contributed by atoms with van der Waals surface area (Å²) in [5, 5.41) is 3.94. The maximum atomic E-state index is 13.1. The Balaban J connectivity index is 2.32. The monoisotopic (exact) mass is 304 g/mol. The van der Waals surface area contributed by atoms with E-state index in [-0.39, 0.29) is 17.8 Å². The second-order valence-electron chi connectivity index (χ2n) is 5.23. The van der Waals surface area contributed by atoms with Gasteiger partial charge in [-0.1, -0.05) is 24.2 Å². The van der Waals surface area contributed by atoms with E-state index < -0.39 is 0 Å². The molecule has 0 aliphatic heterocycles. The molecule has 0 saturated carbocycles. The molecule has 0 aliphatic rings. The molecule has 0 fully saturated rings. The van der Waals surface area contributed by atoms with Crippen molar-refractivity contribution in [1.29, 1.82) is 0 Å². The van der Waals surface area contributed by atoms with Crippen molar-refractivity contribution in [3.8, 4) is 0 Å². The van der Waals surface area contributed by atoms with Crippen LogP contribution in [0.15, 0.2) is 28.8 Å². The number of rotatable bonds is 5. The van der Waals surface area contributed by atoms with Crippen LogP contribution >= 0.6 is 0 Å². The zero-order valence-corrected chi connectivity index (χ0v) is 13.4. The molecule has 1 aromatic heterocycles. The number of hydrogen-bond acceptors (Lipinski definition) is 3. The molecule has 2 aromatic rings. The normalized spacial score (nSPS) is 12.2. The van der Waals surface area contributed by atoms with Gasteiger partial charge in [0, 0.05) is 6.54 Å². The van der Waals surface area contributed by atoms with Crippen LogP contribution in [0.4, 0.5) is 4.39 Å². The first-order valence-corrected chi connectivity index (χ1v) is 7.51. The number of aryl methyl sites for hydroxylation is 2. The lowest BCUT2D eigenvalue weighted by Crippen LogP contribution is -2.34. The molecule has 4 nitrogen and oxygen atoms in total. The highest BCUT2D eigenvalue weighted by Crippen LogP contribution is 2.25. The fourth-order valence-electron chi connectivity index (χ4n) is 2.59. The third-order valence-corrected chi connectivity index (χ3v) is 3.90. The van der Waals surface area contributed by atoms with Crippen molar-refractivity contribution >= 4 is 5.91 Å². The van der Waals surface area contributed by atoms with E-state index in [1.54, 1.807) is 24.0 Å². The van der Waals surface area contributed by atoms with Gasteiger partial charge < -0.3 is 9.42 Å². The Kier molecular flexibility index (Phi) is 4.96. The highest BCUT2D eigenvalue weighted by molar-refractivity contribution is 5.96. The van der Waals surface area contributed by atoms with Crippen LogP contribution in [0.2, 0.25) is 0 Å². The van der Waals surface area contributed by atoms with Gasteiger partial charge in [-0.15, -0.1) is 0 Å². The van der Waals surface area contributed by atoms with Crippen molar-refractivity contribution in [3.05, 3.63) is 52.7 Å². The van der Waals surface area contributed by atoms with Crippen molar-refractivity contribution in [2.75, 3.05) is 6.54 Å². The minimum Gasteiger partial charge on any atom is -0.361 e. The van der Waals surface area contributed by atoms with Gasteiger partial charge in [0.15, 0.2) is 0 Å². The molecule has 0 spiro atoms. The molecule has 22 heavy (non-hydrogen) atoms. The van der Waals surface area contributed by atoms with E-state index in [0.717, 1.165) is 5.56 Å². The molecule has 0 aliphatic carbocycles. The molecule has 0 radical (unpaired) electrons. The first kappa shape index (κ1) is 16.2. The highest BCUT2D eigenvalue weighted by Gasteiger charge is 2.27. The lowest BCUT2D eigenvalue weighted by atomic mass is 10.0. The Hall–Kier alpha value is -2.17. The van der Waals surface area contributed by atoms with Crippen LogP contribution in [0.25, 0.3) is 0 Å². The van der Waals surface area contributed by atoms with Gasteiger partial charge in [0.2, 0.25) is 0 Å². The molecule has 1 heterocycles. The standard InChI is InChI=1S/C17H21FN2O2/c1-5-15-16(12(4)22-19-15)17(21)20(6-2)11(3)13-7-9-14(18)10-8-13/h7-11H,5-6H2,1-4H3/t11-/m1/s1. The van der Waals surface area contributed by atoms with Crippen molar-refractivity contribution < 1.29 is 13.7 Å². The average molecular weight is 304 g/mol. The molecule has 0 N–H and O–H groups in total. The van der Waals surface area contributed by atoms with Crippen LogP contribution in [-0.2, 0) is 6.42 Å². The van der Waals surface area contributed by atoms with E-state index >= 15 is 0 Å². The average Bonchev–Trinajstić information content (AvgIpc) is 2.89. The van der Waals surface area contributed by atoms with Crippen LogP contribution in [-0.4, -0.2) is 22.5 Å². The summed E-state index contributed by atoms with van der Waals surface area (Å²) in [5.74, 6) is 0.148. The molecule has 2 rings (SSSR count). The van der Waals surface area contributed by atoms with Gasteiger partial charge in [-0.2, -0.15) is 0 Å². The van der Waals surface area contributed by atoms with Crippen LogP contribution in [0.5, 0.6) is 0 Å². The van der Waals surface area contributed by atoms with Crippen LogP contribution in [0.1, 0.15) is 54.2 Å². The fourth-order valence-corrected chi connectivity index (χ4v) is 2.59. The summed E-state index contributed by atoms with van der Waals surface area (Å²) >= 11 is 0. The van der Waals surface area contributed by atoms with E-state index in [9.17, 15) is 9.18 Å². The minimum absolute atomic E-state index is 0.102. The lowest BCUT2D eigenvalue weighted by Gasteiger charge is -2.28. The number of carbonyl (C=O) groups excluding carboxylic acids is 1. The SMILES string of the molecule is CCc1noc(C)c1C(=O)N(CC)[C@H](C)c1ccc(F)cc1. The van der Waals surface area contributed by atoms with Crippen molar-refractivity contribution in [1.82, 2.24) is 10.1 Å². The molecular formula is C17H21FN2O2. The number of hydrogen-bond donors (Lipinski definition) is 0. The molecular weight excluding hydrogens is 283 g/mol. The molecule has 1 aromatic carbocycles. The summed E-state index contributed by atoms with van der Waals surface area (Å²) in [6, 6.07) is 6.07. The van der Waals surface area contributed by atoms with Crippen LogP contribution < -0.4 is 0 Å². The minimum atomic E-state index is -0.284. The zero-order chi connectivity index (χ0) is 16.3. The number of halogens is 1. The Morgan fingerprint density at radius 1 is 1.32 bits per heavy atom. The summed E-state index contributed by atoms with van der Waals surface area (Å²) in [6.07, 6.45) is 0.640. The third kappa shape index (κ3) is 3.03. The van der Waals surface area contributed by atoms with Crippen molar-refractivity contribution in [2.45, 2.75) is 40.2 Å². The Morgan fingerprint density at radius 2 is 1.95 bits per heavy atom. The van der Waals surface area contributed by atoms with Gasteiger partial charge in [0.1, 0.15) is 17.1 Å². The predicted molar refractivity (Wildman–Crippen MR) is 82.1 cm³/mol. The largest absolute Gasteiger partial charge is 0.361 e. The molecule has 118 valence electrons. The second kappa shape index (κ2) is 6.73. The Labute approximate surface area is 129 Å². The Bertz CT molecular complexity index is 649. The van der Waals surface area contributed by atoms with E-state index in [0.29, 0.717) is 30.0 Å². The number of amides is 1. The van der Waals surface area contributed by atoms with Crippen LogP contribution in [0.3, 0.4) is 0 Å². The van der Waals surface area contributed by atoms with Crippen molar-refractivity contribution in [2.24, 2.45) is 0 Å². The number of carbonyl (C=O) groups is 1. The topological polar surface area (TPSA) is 46.3 Å². The molecule has 0 bridgehead atoms. The van der Waals surface area contributed by atoms with E-state index in [2.05, 4.69) is 5.16 Å². The quantitative estimate of drug-likeness (QED) is 0.841. The molecule has 0 saturated heterocycles. The summed E-state index contributed by atoms with van der Waals surface area (Å²) in [4.78, 5) is 14.6. The maximum Gasteiger partial charge on any atom is 0.259 e. The molecule has 5 heteroatoms. The van der Waals surface area contributed by atoms with Gasteiger partial charge in [0.05, 0.1) is 11.7 Å². The number of nitrogens with zero attached hydrogens (tertiary/aromatic N) is 2. The highest BCUT2D eigenvalue weighted by atomic mass is 19.1. The van der Waals surface area contributed by atoms with E-state index in [1.807, 2.05) is 20.8 Å². The lowest BCUT2D eigenvalue weighted by molar-refractivity contribution is 0.0699. The number of benzene rings is 1. The molecule has 1 atom stereocenters. The Morgan fingerprint density at radius 3 is 2.50 bits per heavy atom. The van der Waals surface area contributed by atoms with Gasteiger partial charge >= 0.3 is 0 Å². The van der Waals surface area contributed by atoms with Gasteiger partial charge in [-0.3, -0.25) is 4.79 Å². The summed E-state index contributed by atoms with van der Waals surface area (Å²) in [5.41, 5.74) is 2.11. The third-order valence-electron chi connectivity index (χ3n) is 3.90. The fraction of sp³-hybridized carbons (Fsp3) is 0.412. The van der Waals surface area contributed by atoms with E-state index in [1.165, 1.54) is 12.1 Å². The summed E-state index contributed by atoms with van der Waals surface area (Å²) in [7, 11) is 0. The van der Waals surface area contributed by atoms with Gasteiger partial charge in [0.25, 0.3) is 5.91 Å². The molecule has 1 amide bonds. The first-order valence-electron chi connectivity index (χ1n) is 7.51. The van der Waals surface area contributed by atoms with E-state index in [4.69, 9.17) is 4.52 Å². The van der Waals surface area contributed by atoms with Gasteiger partial charge in [-0.25, -0.2) is 4.39 Å². The first-order chi connectivity index (χ1) is 10.5. The summed E-state index contributed by atoms with van der Waals surface area (Å²) < 4.78 is 18.2. The maximum absolute atomic E-state index is 13.1. The zero-order valence-electron chi connectivity index (χ0n) is 13.4. The summed E-state index contributed by atoms with van der Waals surface area (Å²) in [6.45, 7) is 8.09. The van der Waals surface area contributed by atoms with Crippen molar-refractivity contribution in [3.63, 3.8) is 0 Å². The van der Waals surface area contributed by atoms with Crippen LogP contribution in [0, 0.1) is 12.7 Å².